The highest BCUT2D eigenvalue weighted by atomic mass is 16.5. The number of nitrogens with zero attached hydrogens (tertiary/aromatic N) is 4. The Bertz CT molecular complexity index is 1110. The van der Waals surface area contributed by atoms with Gasteiger partial charge in [-0.25, -0.2) is 4.98 Å². The smallest absolute Gasteiger partial charge is 0.306 e. The minimum atomic E-state index is -0.378. The summed E-state index contributed by atoms with van der Waals surface area (Å²) >= 11 is 0. The number of rotatable bonds is 43. The molecule has 344 valence electrons. The lowest BCUT2D eigenvalue weighted by atomic mass is 10.0. The van der Waals surface area contributed by atoms with E-state index in [2.05, 4.69) is 52.5 Å². The summed E-state index contributed by atoms with van der Waals surface area (Å²) in [6.45, 7) is 14.3. The third kappa shape index (κ3) is 28.3. The quantitative estimate of drug-likeness (QED) is 0.0499. The largest absolute Gasteiger partial charge is 0.462 e. The first kappa shape index (κ1) is 53.2. The highest BCUT2D eigenvalue weighted by Crippen LogP contribution is 2.24. The average Bonchev–Trinajstić information content (AvgIpc) is 3.65. The SMILES string of the molecule is CCCCCCCCOC(C)CCCCCCCN(CCCCCCCC(=O)OC(CCCCCCCC)CCCCCCCC)CCCn1cnc2c1NC=NC2N. The second-order valence-electron chi connectivity index (χ2n) is 18.0. The number of nitrogens with two attached hydrogens (primary N) is 1. The molecule has 0 amide bonds. The average molecular weight is 829 g/mol. The first-order chi connectivity index (χ1) is 29.0. The zero-order valence-corrected chi connectivity index (χ0v) is 39.3. The number of aromatic nitrogens is 2. The number of aliphatic imine (C=N–C) groups is 1. The van der Waals surface area contributed by atoms with Crippen LogP contribution in [0.2, 0.25) is 0 Å². The number of unbranched alkanes of at least 4 members (excludes halogenated alkanes) is 23. The Morgan fingerprint density at radius 2 is 1.17 bits per heavy atom. The minimum Gasteiger partial charge on any atom is -0.462 e. The fraction of sp³-hybridized carbons (Fsp3) is 0.900. The lowest BCUT2D eigenvalue weighted by Crippen LogP contribution is -2.28. The number of hydrogen-bond donors (Lipinski definition) is 2. The predicted molar refractivity (Wildman–Crippen MR) is 252 cm³/mol. The molecule has 59 heavy (non-hydrogen) atoms. The number of hydrogen-bond acceptors (Lipinski definition) is 8. The topological polar surface area (TPSA) is 107 Å². The third-order valence-corrected chi connectivity index (χ3v) is 12.4. The van der Waals surface area contributed by atoms with Gasteiger partial charge in [-0.05, 0) is 90.8 Å². The van der Waals surface area contributed by atoms with E-state index in [0.29, 0.717) is 12.5 Å². The van der Waals surface area contributed by atoms with Crippen molar-refractivity contribution in [2.45, 2.75) is 265 Å². The maximum atomic E-state index is 12.9. The molecule has 1 aliphatic heterocycles. The van der Waals surface area contributed by atoms with Gasteiger partial charge in [0.25, 0.3) is 0 Å². The third-order valence-electron chi connectivity index (χ3n) is 12.4. The molecular formula is C50H96N6O3. The van der Waals surface area contributed by atoms with E-state index in [-0.39, 0.29) is 18.2 Å². The molecule has 0 fully saturated rings. The molecule has 2 atom stereocenters. The van der Waals surface area contributed by atoms with Crippen molar-refractivity contribution >= 4 is 18.1 Å². The lowest BCUT2D eigenvalue weighted by Gasteiger charge is -2.23. The Morgan fingerprint density at radius 3 is 1.76 bits per heavy atom. The maximum Gasteiger partial charge on any atom is 0.306 e. The fourth-order valence-electron chi connectivity index (χ4n) is 8.48. The van der Waals surface area contributed by atoms with Gasteiger partial charge in [0.05, 0.1) is 18.8 Å². The number of aryl methyl sites for hydroxylation is 1. The summed E-state index contributed by atoms with van der Waals surface area (Å²) in [6, 6.07) is 0. The molecule has 0 bridgehead atoms. The van der Waals surface area contributed by atoms with Gasteiger partial charge in [0.1, 0.15) is 23.8 Å². The zero-order valence-electron chi connectivity index (χ0n) is 39.3. The van der Waals surface area contributed by atoms with Gasteiger partial charge in [0.15, 0.2) is 0 Å². The summed E-state index contributed by atoms with van der Waals surface area (Å²) in [6.07, 6.45) is 44.2. The summed E-state index contributed by atoms with van der Waals surface area (Å²) in [5.41, 5.74) is 6.97. The van der Waals surface area contributed by atoms with Crippen LogP contribution in [0.15, 0.2) is 11.3 Å². The van der Waals surface area contributed by atoms with E-state index in [1.165, 1.54) is 180 Å². The van der Waals surface area contributed by atoms with E-state index < -0.39 is 0 Å². The number of imidazole rings is 1. The van der Waals surface area contributed by atoms with Crippen molar-refractivity contribution in [3.8, 4) is 0 Å². The number of carbonyl (C=O) groups is 1. The van der Waals surface area contributed by atoms with Gasteiger partial charge in [-0.1, -0.05) is 162 Å². The van der Waals surface area contributed by atoms with Crippen molar-refractivity contribution in [3.63, 3.8) is 0 Å². The van der Waals surface area contributed by atoms with Gasteiger partial charge in [-0.15, -0.1) is 0 Å². The molecule has 0 spiro atoms. The molecule has 1 aliphatic rings. The van der Waals surface area contributed by atoms with Crippen LogP contribution in [0.4, 0.5) is 5.82 Å². The number of fused-ring (bicyclic) bond motifs is 1. The summed E-state index contributed by atoms with van der Waals surface area (Å²) in [4.78, 5) is 24.4. The van der Waals surface area contributed by atoms with Gasteiger partial charge in [-0.2, -0.15) is 0 Å². The molecule has 0 radical (unpaired) electrons. The minimum absolute atomic E-state index is 0.0353. The second-order valence-corrected chi connectivity index (χ2v) is 18.0. The van der Waals surface area contributed by atoms with Crippen molar-refractivity contribution < 1.29 is 14.3 Å². The van der Waals surface area contributed by atoms with Crippen molar-refractivity contribution in [2.24, 2.45) is 10.7 Å². The van der Waals surface area contributed by atoms with E-state index in [1.807, 2.05) is 6.33 Å². The number of anilines is 1. The van der Waals surface area contributed by atoms with Crippen LogP contribution in [0.25, 0.3) is 0 Å². The highest BCUT2D eigenvalue weighted by molar-refractivity contribution is 5.77. The normalized spacial score (nSPS) is 14.3. The summed E-state index contributed by atoms with van der Waals surface area (Å²) in [5.74, 6) is 1.02. The van der Waals surface area contributed by atoms with Crippen molar-refractivity contribution in [1.29, 1.82) is 0 Å². The summed E-state index contributed by atoms with van der Waals surface area (Å²) < 4.78 is 14.4. The summed E-state index contributed by atoms with van der Waals surface area (Å²) in [5, 5.41) is 3.25. The molecule has 0 saturated carbocycles. The van der Waals surface area contributed by atoms with Gasteiger partial charge in [0.2, 0.25) is 0 Å². The van der Waals surface area contributed by atoms with Crippen LogP contribution in [0, 0.1) is 0 Å². The molecule has 2 unspecified atom stereocenters. The number of carbonyl (C=O) groups excluding carboxylic acids is 1. The highest BCUT2D eigenvalue weighted by Gasteiger charge is 2.19. The number of ether oxygens (including phenoxy) is 2. The van der Waals surface area contributed by atoms with Crippen molar-refractivity contribution in [2.75, 3.05) is 31.6 Å². The molecule has 0 aliphatic carbocycles. The Balaban J connectivity index is 1.67. The Kier molecular flexibility index (Phi) is 34.0. The molecule has 1 aromatic heterocycles. The van der Waals surface area contributed by atoms with Crippen LogP contribution in [-0.4, -0.2) is 65.2 Å². The molecule has 3 N–H and O–H groups in total. The van der Waals surface area contributed by atoms with Crippen LogP contribution < -0.4 is 11.1 Å². The summed E-state index contributed by atoms with van der Waals surface area (Å²) in [7, 11) is 0. The van der Waals surface area contributed by atoms with E-state index in [9.17, 15) is 4.79 Å². The number of nitrogens with one attached hydrogen (secondary N) is 1. The molecule has 9 nitrogen and oxygen atoms in total. The predicted octanol–water partition coefficient (Wildman–Crippen LogP) is 13.8. The molecule has 0 saturated heterocycles. The van der Waals surface area contributed by atoms with Gasteiger partial charge >= 0.3 is 5.97 Å². The molecule has 2 rings (SSSR count). The maximum absolute atomic E-state index is 12.9. The number of esters is 1. The Labute approximate surface area is 364 Å². The van der Waals surface area contributed by atoms with Crippen LogP contribution >= 0.6 is 0 Å². The standard InChI is InChI=1S/C50H96N6O3/c1-5-8-11-14-20-27-35-46(36-28-21-15-12-9-6-2)59-47(57)37-29-22-18-24-31-39-55(40-33-41-56-44-54-48-49(51)52-43-53-50(48)56)38-30-23-17-19-26-34-45(4)58-42-32-25-16-13-10-7-3/h43-46,49H,5-42,51H2,1-4H3,(H,52,53). The Morgan fingerprint density at radius 1 is 0.678 bits per heavy atom. The first-order valence-electron chi connectivity index (χ1n) is 25.6. The fourth-order valence-corrected chi connectivity index (χ4v) is 8.48. The molecule has 0 aromatic carbocycles. The molecule has 2 heterocycles. The van der Waals surface area contributed by atoms with Crippen LogP contribution in [-0.2, 0) is 20.8 Å². The van der Waals surface area contributed by atoms with Gasteiger partial charge < -0.3 is 30.0 Å². The first-order valence-corrected chi connectivity index (χ1v) is 25.6. The van der Waals surface area contributed by atoms with Gasteiger partial charge in [-0.3, -0.25) is 9.79 Å². The van der Waals surface area contributed by atoms with Crippen molar-refractivity contribution in [3.05, 3.63) is 12.0 Å². The second kappa shape index (κ2) is 37.8. The van der Waals surface area contributed by atoms with Crippen molar-refractivity contribution in [1.82, 2.24) is 14.5 Å². The van der Waals surface area contributed by atoms with E-state index in [1.54, 1.807) is 6.34 Å². The Hall–Kier alpha value is -1.97. The van der Waals surface area contributed by atoms with Crippen LogP contribution in [0.3, 0.4) is 0 Å². The van der Waals surface area contributed by atoms with E-state index >= 15 is 0 Å². The molecule has 1 aromatic rings. The molecule has 9 heteroatoms. The van der Waals surface area contributed by atoms with Crippen LogP contribution in [0.1, 0.15) is 251 Å². The molecular weight excluding hydrogens is 733 g/mol. The van der Waals surface area contributed by atoms with E-state index in [4.69, 9.17) is 15.2 Å². The van der Waals surface area contributed by atoms with Crippen LogP contribution in [0.5, 0.6) is 0 Å². The van der Waals surface area contributed by atoms with Gasteiger partial charge in [0, 0.05) is 19.6 Å². The zero-order chi connectivity index (χ0) is 42.4. The van der Waals surface area contributed by atoms with E-state index in [0.717, 1.165) is 69.9 Å². The lowest BCUT2D eigenvalue weighted by molar-refractivity contribution is -0.150. The monoisotopic (exact) mass is 829 g/mol.